The molecule has 1 N–H and O–H groups in total. The Morgan fingerprint density at radius 3 is 3.06 bits per heavy atom. The first kappa shape index (κ1) is 12.1. The number of carboxylic acids is 1. The molecule has 0 radical (unpaired) electrons. The van der Waals surface area contributed by atoms with E-state index in [0.29, 0.717) is 19.8 Å². The van der Waals surface area contributed by atoms with Crippen molar-refractivity contribution in [1.82, 2.24) is 10.1 Å². The Morgan fingerprint density at radius 1 is 1.65 bits per heavy atom. The molecular formula is C11H16N2O4. The first-order chi connectivity index (χ1) is 8.22. The first-order valence-electron chi connectivity index (χ1n) is 5.65. The van der Waals surface area contributed by atoms with Crippen molar-refractivity contribution in [2.75, 3.05) is 19.8 Å². The highest BCUT2D eigenvalue weighted by molar-refractivity contribution is 5.71. The third-order valence-corrected chi connectivity index (χ3v) is 3.11. The van der Waals surface area contributed by atoms with Crippen LogP contribution >= 0.6 is 0 Å². The van der Waals surface area contributed by atoms with Gasteiger partial charge < -0.3 is 14.4 Å². The maximum Gasteiger partial charge on any atom is 0.310 e. The number of aromatic nitrogens is 1. The molecule has 0 aromatic carbocycles. The summed E-state index contributed by atoms with van der Waals surface area (Å²) in [5, 5.41) is 12.8. The number of carbonyl (C=O) groups is 1. The summed E-state index contributed by atoms with van der Waals surface area (Å²) in [7, 11) is 0. The fourth-order valence-corrected chi connectivity index (χ4v) is 2.14. The topological polar surface area (TPSA) is 75.8 Å². The third kappa shape index (κ3) is 2.65. The quantitative estimate of drug-likeness (QED) is 0.812. The molecule has 1 aliphatic heterocycles. The Balaban J connectivity index is 2.04. The monoisotopic (exact) mass is 240 g/mol. The van der Waals surface area contributed by atoms with E-state index in [1.54, 1.807) is 12.5 Å². The van der Waals surface area contributed by atoms with E-state index in [1.165, 1.54) is 0 Å². The minimum absolute atomic E-state index is 0.0765. The highest BCUT2D eigenvalue weighted by atomic mass is 16.5. The van der Waals surface area contributed by atoms with Crippen LogP contribution in [0.4, 0.5) is 0 Å². The van der Waals surface area contributed by atoms with Crippen LogP contribution in [0.15, 0.2) is 17.0 Å². The summed E-state index contributed by atoms with van der Waals surface area (Å²) in [6.45, 7) is 4.17. The van der Waals surface area contributed by atoms with Gasteiger partial charge in [0.1, 0.15) is 6.26 Å². The normalized spacial score (nSPS) is 24.4. The molecule has 0 spiro atoms. The largest absolute Gasteiger partial charge is 0.481 e. The van der Waals surface area contributed by atoms with Crippen LogP contribution in [0.2, 0.25) is 0 Å². The van der Waals surface area contributed by atoms with Crippen LogP contribution in [0.1, 0.15) is 12.5 Å². The Labute approximate surface area is 99.1 Å². The van der Waals surface area contributed by atoms with Gasteiger partial charge >= 0.3 is 5.97 Å². The molecule has 2 unspecified atom stereocenters. The molecule has 94 valence electrons. The standard InChI is InChI=1S/C11H16N2O4/c1-2-13(4-8-3-12-17-5-8)10-7-16-6-9(10)11(14)15/h3,5,9-10H,2,4,6-7H2,1H3,(H,14,15). The highest BCUT2D eigenvalue weighted by Gasteiger charge is 2.37. The van der Waals surface area contributed by atoms with Crippen LogP contribution in [0.5, 0.6) is 0 Å². The molecule has 2 atom stereocenters. The molecule has 0 saturated carbocycles. The molecule has 6 nitrogen and oxygen atoms in total. The molecule has 1 aromatic heterocycles. The van der Waals surface area contributed by atoms with Crippen molar-refractivity contribution in [3.63, 3.8) is 0 Å². The number of likely N-dealkylation sites (N-methyl/N-ethyl adjacent to an activating group) is 1. The lowest BCUT2D eigenvalue weighted by Gasteiger charge is -2.28. The maximum atomic E-state index is 11.1. The molecule has 2 rings (SSSR count). The van der Waals surface area contributed by atoms with Gasteiger partial charge in [-0.3, -0.25) is 9.69 Å². The summed E-state index contributed by atoms with van der Waals surface area (Å²) >= 11 is 0. The molecule has 0 amide bonds. The van der Waals surface area contributed by atoms with E-state index in [2.05, 4.69) is 10.1 Å². The molecule has 1 saturated heterocycles. The lowest BCUT2D eigenvalue weighted by Crippen LogP contribution is -2.42. The summed E-state index contributed by atoms with van der Waals surface area (Å²) in [5.41, 5.74) is 0.947. The minimum Gasteiger partial charge on any atom is -0.481 e. The Hall–Kier alpha value is -1.40. The predicted molar refractivity (Wildman–Crippen MR) is 58.3 cm³/mol. The van der Waals surface area contributed by atoms with E-state index in [4.69, 9.17) is 14.4 Å². The van der Waals surface area contributed by atoms with E-state index in [9.17, 15) is 4.79 Å². The van der Waals surface area contributed by atoms with Crippen molar-refractivity contribution in [1.29, 1.82) is 0 Å². The molecule has 17 heavy (non-hydrogen) atoms. The SMILES string of the molecule is CCN(Cc1cnoc1)C1COCC1C(=O)O. The number of aliphatic carboxylic acids is 1. The zero-order chi connectivity index (χ0) is 12.3. The fourth-order valence-electron chi connectivity index (χ4n) is 2.14. The molecule has 0 bridgehead atoms. The highest BCUT2D eigenvalue weighted by Crippen LogP contribution is 2.21. The Morgan fingerprint density at radius 2 is 2.47 bits per heavy atom. The second-order valence-electron chi connectivity index (χ2n) is 4.15. The number of ether oxygens (including phenoxy) is 1. The summed E-state index contributed by atoms with van der Waals surface area (Å²) in [5.74, 6) is -1.24. The van der Waals surface area contributed by atoms with E-state index in [1.807, 2.05) is 6.92 Å². The van der Waals surface area contributed by atoms with Gasteiger partial charge in [0, 0.05) is 18.2 Å². The molecule has 0 aliphatic carbocycles. The minimum atomic E-state index is -0.795. The van der Waals surface area contributed by atoms with Gasteiger partial charge in [-0.25, -0.2) is 0 Å². The van der Waals surface area contributed by atoms with Gasteiger partial charge in [-0.05, 0) is 6.54 Å². The molecule has 1 fully saturated rings. The summed E-state index contributed by atoms with van der Waals surface area (Å²) in [4.78, 5) is 13.2. The van der Waals surface area contributed by atoms with Crippen LogP contribution < -0.4 is 0 Å². The van der Waals surface area contributed by atoms with E-state index in [0.717, 1.165) is 12.1 Å². The van der Waals surface area contributed by atoms with Gasteiger partial charge in [-0.15, -0.1) is 0 Å². The van der Waals surface area contributed by atoms with Crippen LogP contribution in [0, 0.1) is 5.92 Å². The number of hydrogen-bond acceptors (Lipinski definition) is 5. The first-order valence-corrected chi connectivity index (χ1v) is 5.65. The van der Waals surface area contributed by atoms with Crippen molar-refractivity contribution in [3.8, 4) is 0 Å². The van der Waals surface area contributed by atoms with Crippen LogP contribution in [0.25, 0.3) is 0 Å². The Kier molecular flexibility index (Phi) is 3.75. The smallest absolute Gasteiger partial charge is 0.310 e. The zero-order valence-corrected chi connectivity index (χ0v) is 9.70. The van der Waals surface area contributed by atoms with Gasteiger partial charge in [-0.1, -0.05) is 12.1 Å². The number of carboxylic acid groups (broad SMARTS) is 1. The fraction of sp³-hybridized carbons (Fsp3) is 0.636. The van der Waals surface area contributed by atoms with Crippen molar-refractivity contribution in [3.05, 3.63) is 18.0 Å². The van der Waals surface area contributed by atoms with Crippen LogP contribution in [0.3, 0.4) is 0 Å². The van der Waals surface area contributed by atoms with Crippen LogP contribution in [-0.2, 0) is 16.1 Å². The molecule has 1 aromatic rings. The molecule has 6 heteroatoms. The van der Waals surface area contributed by atoms with Gasteiger partial charge in [0.2, 0.25) is 0 Å². The second-order valence-corrected chi connectivity index (χ2v) is 4.15. The number of rotatable bonds is 5. The van der Waals surface area contributed by atoms with E-state index < -0.39 is 11.9 Å². The summed E-state index contributed by atoms with van der Waals surface area (Å²) in [6, 6.07) is -0.0765. The lowest BCUT2D eigenvalue weighted by atomic mass is 10.0. The third-order valence-electron chi connectivity index (χ3n) is 3.11. The van der Waals surface area contributed by atoms with Crippen molar-refractivity contribution in [2.24, 2.45) is 5.92 Å². The number of hydrogen-bond donors (Lipinski definition) is 1. The summed E-state index contributed by atoms with van der Waals surface area (Å²) in [6.07, 6.45) is 3.22. The maximum absolute atomic E-state index is 11.1. The second kappa shape index (κ2) is 5.29. The molecular weight excluding hydrogens is 224 g/mol. The molecule has 1 aliphatic rings. The van der Waals surface area contributed by atoms with E-state index >= 15 is 0 Å². The Bertz CT molecular complexity index is 366. The van der Waals surface area contributed by atoms with Crippen molar-refractivity contribution >= 4 is 5.97 Å². The average molecular weight is 240 g/mol. The predicted octanol–water partition coefficient (Wildman–Crippen LogP) is 0.596. The summed E-state index contributed by atoms with van der Waals surface area (Å²) < 4.78 is 10.0. The lowest BCUT2D eigenvalue weighted by molar-refractivity contribution is -0.143. The van der Waals surface area contributed by atoms with Gasteiger partial charge in [0.15, 0.2) is 0 Å². The van der Waals surface area contributed by atoms with Gasteiger partial charge in [0.25, 0.3) is 0 Å². The van der Waals surface area contributed by atoms with Gasteiger partial charge in [0.05, 0.1) is 25.3 Å². The van der Waals surface area contributed by atoms with Crippen LogP contribution in [-0.4, -0.2) is 46.9 Å². The van der Waals surface area contributed by atoms with E-state index in [-0.39, 0.29) is 6.04 Å². The zero-order valence-electron chi connectivity index (χ0n) is 9.70. The van der Waals surface area contributed by atoms with Crippen molar-refractivity contribution in [2.45, 2.75) is 19.5 Å². The van der Waals surface area contributed by atoms with Crippen molar-refractivity contribution < 1.29 is 19.2 Å². The average Bonchev–Trinajstić information content (AvgIpc) is 2.96. The number of nitrogens with zero attached hydrogens (tertiary/aromatic N) is 2. The van der Waals surface area contributed by atoms with Gasteiger partial charge in [-0.2, -0.15) is 0 Å². The molecule has 2 heterocycles.